The standard InChI is InChI=1S/C66H94N8O15/c1-40-17-12-11-13-18-41(2)54(84-8)33-50-19-16-23-66(83,89-50)60(79)61(80)74-24-15-14-20-51(74)62(81)87-55(34-52(76)42(3)30-45(6)58(78)59(86-10)57(77)44(5)29-40)43(4)31-47-21-22-53(56(32-47)85-9)88-65(82)71-37-48-35-67-63(68-36-48)72-25-27-73(28-26-72)64-69-38-49(39-70-64)46(7)75/h11-13,17-18,30,35-36,38-40,42-44,47,50-51,53-56,58-59,78,83H,14-16,19-29,31-34,37H2,1-10H3,(H,71,82)/b13-11?,17-12+,41-18?,45-30+/t40-,42-,43-,44-,47+,50+,51+,53-,54+,55+,56-,58-,59+,66-/m1/s1. The number of Topliss-reactive ketones (excluding diaryl/α,β-unsaturated/α-hetero) is 4. The van der Waals surface area contributed by atoms with Gasteiger partial charge in [-0.15, -0.1) is 0 Å². The van der Waals surface area contributed by atoms with E-state index in [1.165, 1.54) is 31.3 Å². The van der Waals surface area contributed by atoms with Gasteiger partial charge in [0, 0.05) is 122 Å². The van der Waals surface area contributed by atoms with Gasteiger partial charge in [-0.05, 0) is 114 Å². The van der Waals surface area contributed by atoms with Crippen LogP contribution in [0, 0.1) is 29.6 Å². The van der Waals surface area contributed by atoms with Crippen LogP contribution in [0.2, 0.25) is 0 Å². The summed E-state index contributed by atoms with van der Waals surface area (Å²) in [6.07, 6.45) is 15.8. The van der Waals surface area contributed by atoms with Crippen molar-refractivity contribution in [2.75, 3.05) is 63.9 Å². The number of ketones is 4. The smallest absolute Gasteiger partial charge is 0.407 e. The number of esters is 1. The Hall–Kier alpha value is -6.63. The highest BCUT2D eigenvalue weighted by atomic mass is 16.6. The van der Waals surface area contributed by atoms with Crippen molar-refractivity contribution in [3.63, 3.8) is 0 Å². The number of rotatable bonds is 12. The molecule has 0 radical (unpaired) electrons. The summed E-state index contributed by atoms with van der Waals surface area (Å²) in [6.45, 7) is 15.1. The fourth-order valence-corrected chi connectivity index (χ4v) is 12.8. The molecule has 4 aliphatic heterocycles. The first-order valence-electron chi connectivity index (χ1n) is 31.6. The third-order valence-electron chi connectivity index (χ3n) is 18.2. The summed E-state index contributed by atoms with van der Waals surface area (Å²) in [6, 6.07) is -1.20. The van der Waals surface area contributed by atoms with E-state index in [-0.39, 0.29) is 61.5 Å². The van der Waals surface area contributed by atoms with E-state index in [2.05, 4.69) is 30.2 Å². The van der Waals surface area contributed by atoms with Crippen molar-refractivity contribution in [1.82, 2.24) is 30.2 Å². The van der Waals surface area contributed by atoms with Crippen LogP contribution in [0.4, 0.5) is 16.7 Å². The van der Waals surface area contributed by atoms with E-state index in [4.69, 9.17) is 28.4 Å². The minimum atomic E-state index is -2.43. The lowest BCUT2D eigenvalue weighted by Crippen LogP contribution is -2.58. The molecule has 1 aliphatic carbocycles. The van der Waals surface area contributed by atoms with Crippen LogP contribution in [0.25, 0.3) is 0 Å². The number of nitrogens with one attached hydrogen (secondary N) is 1. The monoisotopic (exact) mass is 1240 g/mol. The number of alkyl carbamates (subject to hydrolysis) is 1. The molecule has 5 aliphatic rings. The van der Waals surface area contributed by atoms with Crippen LogP contribution < -0.4 is 15.1 Å². The molecule has 2 bridgehead atoms. The van der Waals surface area contributed by atoms with Gasteiger partial charge in [0.15, 0.2) is 11.6 Å². The van der Waals surface area contributed by atoms with Gasteiger partial charge in [0.2, 0.25) is 17.7 Å². The van der Waals surface area contributed by atoms with E-state index < -0.39 is 96.1 Å². The second kappa shape index (κ2) is 32.9. The van der Waals surface area contributed by atoms with Gasteiger partial charge in [0.25, 0.3) is 11.7 Å². The first-order valence-corrected chi connectivity index (χ1v) is 31.6. The highest BCUT2D eigenvalue weighted by Gasteiger charge is 2.50. The van der Waals surface area contributed by atoms with E-state index in [0.717, 1.165) is 5.57 Å². The van der Waals surface area contributed by atoms with Gasteiger partial charge in [-0.1, -0.05) is 64.2 Å². The Morgan fingerprint density at radius 2 is 1.46 bits per heavy atom. The van der Waals surface area contributed by atoms with Gasteiger partial charge < -0.3 is 58.7 Å². The van der Waals surface area contributed by atoms with E-state index in [1.54, 1.807) is 53.5 Å². The van der Waals surface area contributed by atoms with Crippen LogP contribution in [0.3, 0.4) is 0 Å². The maximum absolute atomic E-state index is 14.7. The predicted octanol–water partition coefficient (Wildman–Crippen LogP) is 6.98. The SMILES string of the molecule is CO[C@H]1C[C@@H]2CCC[C@@](O)(O2)C(=O)C(=O)N2CCCC[C@H]2C(=O)O[C@H]([C@H](C)C[C@@H]2CC[C@@H](OC(=O)NCc3cnc(N4CCN(c5ncc(C(C)=O)cn5)CC4)nc3)[C@H](OC)C2)CC(=O)[C@H](C)/C=C(\C)[C@@H](O)[C@@H](OC)C(=O)[C@H](C)C[C@H](C)/C=C/C=CC=C1C. The molecule has 4 fully saturated rings. The number of aliphatic hydroxyl groups is 2. The number of fused-ring (bicyclic) bond motifs is 3. The number of amides is 2. The van der Waals surface area contributed by atoms with Crippen LogP contribution in [0.15, 0.2) is 72.4 Å². The Bertz CT molecular complexity index is 2880. The number of nitrogens with zero attached hydrogens (tertiary/aromatic N) is 7. The van der Waals surface area contributed by atoms with Crippen LogP contribution in [0.1, 0.15) is 148 Å². The summed E-state index contributed by atoms with van der Waals surface area (Å²) in [5, 5.41) is 26.2. The zero-order valence-corrected chi connectivity index (χ0v) is 53.5. The fourth-order valence-electron chi connectivity index (χ4n) is 12.8. The van der Waals surface area contributed by atoms with E-state index >= 15 is 0 Å². The number of carbonyl (C=O) groups excluding carboxylic acids is 7. The largest absolute Gasteiger partial charge is 0.460 e. The molecule has 488 valence electrons. The first kappa shape index (κ1) is 69.8. The molecule has 7 rings (SSSR count). The summed E-state index contributed by atoms with van der Waals surface area (Å²) in [5.41, 5.74) is 2.35. The topological polar surface area (TPSA) is 289 Å². The van der Waals surface area contributed by atoms with Crippen molar-refractivity contribution in [2.24, 2.45) is 29.6 Å². The predicted molar refractivity (Wildman–Crippen MR) is 330 cm³/mol. The summed E-state index contributed by atoms with van der Waals surface area (Å²) >= 11 is 0. The Balaban J connectivity index is 1.02. The Labute approximate surface area is 523 Å². The normalized spacial score (nSPS) is 31.8. The van der Waals surface area contributed by atoms with Crippen LogP contribution in [-0.2, 0) is 58.9 Å². The molecule has 0 unspecified atom stereocenters. The van der Waals surface area contributed by atoms with Gasteiger partial charge in [-0.3, -0.25) is 24.0 Å². The molecule has 89 heavy (non-hydrogen) atoms. The van der Waals surface area contributed by atoms with E-state index in [9.17, 15) is 43.8 Å². The molecule has 14 atom stereocenters. The van der Waals surface area contributed by atoms with Crippen LogP contribution in [0.5, 0.6) is 0 Å². The highest BCUT2D eigenvalue weighted by Crippen LogP contribution is 2.37. The number of piperazine rings is 1. The average molecular weight is 1240 g/mol. The van der Waals surface area contributed by atoms with Crippen molar-refractivity contribution in [3.05, 3.63) is 83.5 Å². The number of allylic oxidation sites excluding steroid dienone is 6. The molecule has 23 heteroatoms. The number of carbonyl (C=O) groups is 7. The molecule has 0 aromatic carbocycles. The van der Waals surface area contributed by atoms with Crippen LogP contribution in [-0.4, -0.2) is 185 Å². The van der Waals surface area contributed by atoms with Crippen molar-refractivity contribution >= 4 is 53.0 Å². The molecule has 0 spiro atoms. The summed E-state index contributed by atoms with van der Waals surface area (Å²) < 4.78 is 35.8. The van der Waals surface area contributed by atoms with Crippen molar-refractivity contribution in [3.8, 4) is 0 Å². The molecule has 6 heterocycles. The second-order valence-corrected chi connectivity index (χ2v) is 25.0. The summed E-state index contributed by atoms with van der Waals surface area (Å²) in [7, 11) is 4.49. The zero-order chi connectivity index (χ0) is 64.5. The minimum absolute atomic E-state index is 0.00954. The van der Waals surface area contributed by atoms with Gasteiger partial charge in [0.1, 0.15) is 36.2 Å². The zero-order valence-electron chi connectivity index (χ0n) is 53.5. The van der Waals surface area contributed by atoms with Crippen LogP contribution >= 0.6 is 0 Å². The third-order valence-corrected chi connectivity index (χ3v) is 18.2. The number of aliphatic hydroxyl groups excluding tert-OH is 1. The molecule has 2 amide bonds. The number of piperidine rings is 1. The van der Waals surface area contributed by atoms with Gasteiger partial charge in [-0.25, -0.2) is 29.5 Å². The molecular weight excluding hydrogens is 1140 g/mol. The Morgan fingerprint density at radius 1 is 0.787 bits per heavy atom. The van der Waals surface area contributed by atoms with Gasteiger partial charge >= 0.3 is 12.1 Å². The lowest BCUT2D eigenvalue weighted by atomic mass is 9.78. The van der Waals surface area contributed by atoms with Gasteiger partial charge in [0.05, 0.1) is 23.9 Å². The molecule has 2 aromatic rings. The minimum Gasteiger partial charge on any atom is -0.460 e. The number of anilines is 2. The van der Waals surface area contributed by atoms with Crippen molar-refractivity contribution in [2.45, 2.75) is 193 Å². The lowest BCUT2D eigenvalue weighted by Gasteiger charge is -2.40. The molecule has 1 saturated carbocycles. The number of hydrogen-bond donors (Lipinski definition) is 3. The first-order chi connectivity index (χ1) is 42.5. The van der Waals surface area contributed by atoms with E-state index in [1.807, 2.05) is 56.1 Å². The number of ether oxygens (including phenoxy) is 6. The maximum atomic E-state index is 14.7. The summed E-state index contributed by atoms with van der Waals surface area (Å²) in [4.78, 5) is 120. The van der Waals surface area contributed by atoms with Crippen molar-refractivity contribution < 1.29 is 72.2 Å². The number of methoxy groups -OCH3 is 3. The molecule has 2 aromatic heterocycles. The fraction of sp³-hybridized carbons (Fsp3) is 0.652. The average Bonchev–Trinajstić information content (AvgIpc) is 3.66. The quantitative estimate of drug-likeness (QED) is 0.0836. The van der Waals surface area contributed by atoms with Crippen molar-refractivity contribution in [1.29, 1.82) is 0 Å². The number of hydrogen-bond acceptors (Lipinski definition) is 21. The molecule has 23 nitrogen and oxygen atoms in total. The Morgan fingerprint density at radius 3 is 2.10 bits per heavy atom. The maximum Gasteiger partial charge on any atom is 0.407 e. The molecule has 3 saturated heterocycles. The van der Waals surface area contributed by atoms with E-state index in [0.29, 0.717) is 119 Å². The summed E-state index contributed by atoms with van der Waals surface area (Å²) in [5.74, 6) is -6.78. The highest BCUT2D eigenvalue weighted by molar-refractivity contribution is 6.39. The number of cyclic esters (lactones) is 1. The lowest BCUT2D eigenvalue weighted by molar-refractivity contribution is -0.245. The Kier molecular flexibility index (Phi) is 25.8. The second-order valence-electron chi connectivity index (χ2n) is 25.0. The molecular formula is C66H94N8O15. The number of aromatic nitrogens is 4. The van der Waals surface area contributed by atoms with Gasteiger partial charge in [-0.2, -0.15) is 0 Å². The molecule has 3 N–H and O–H groups in total. The third kappa shape index (κ3) is 19.0.